The van der Waals surface area contributed by atoms with Crippen molar-refractivity contribution < 1.29 is 9.47 Å². The SMILES string of the molecule is C.C=C1N(C)c2ccccc2C1(C)C.CCCCOc1c(C)c(=O)c1=O.CCCCOc1c(C=C2N(C)c3ccccc3C2(C)C)c(=O)c1=O. The molecule has 0 N–H and O–H groups in total. The van der Waals surface area contributed by atoms with Gasteiger partial charge in [0, 0.05) is 53.3 Å². The van der Waals surface area contributed by atoms with E-state index in [1.54, 1.807) is 6.92 Å². The number of ether oxygens (including phenoxy) is 2. The van der Waals surface area contributed by atoms with E-state index in [9.17, 15) is 19.2 Å². The number of benzene rings is 2. The normalized spacial score (nSPS) is 15.9. The first-order chi connectivity index (χ1) is 23.1. The molecule has 4 aromatic rings. The van der Waals surface area contributed by atoms with Gasteiger partial charge in [-0.2, -0.15) is 0 Å². The summed E-state index contributed by atoms with van der Waals surface area (Å²) in [6.45, 7) is 19.5. The summed E-state index contributed by atoms with van der Waals surface area (Å²) in [7, 11) is 4.07. The smallest absolute Gasteiger partial charge is 0.268 e. The summed E-state index contributed by atoms with van der Waals surface area (Å²) < 4.78 is 10.7. The lowest BCUT2D eigenvalue weighted by Gasteiger charge is -2.24. The van der Waals surface area contributed by atoms with Crippen molar-refractivity contribution in [2.24, 2.45) is 0 Å². The molecule has 0 fully saturated rings. The minimum atomic E-state index is -0.506. The minimum Gasteiger partial charge on any atom is -0.489 e. The van der Waals surface area contributed by atoms with Gasteiger partial charge in [-0.25, -0.2) is 0 Å². The summed E-state index contributed by atoms with van der Waals surface area (Å²) in [6, 6.07) is 16.7. The fourth-order valence-corrected chi connectivity index (χ4v) is 6.37. The molecule has 4 aromatic carbocycles. The molecule has 0 aromatic heterocycles. The number of hydrogen-bond acceptors (Lipinski definition) is 8. The van der Waals surface area contributed by atoms with Crippen molar-refractivity contribution in [3.8, 4) is 11.5 Å². The second-order valence-electron chi connectivity index (χ2n) is 13.8. The molecular formula is C42H54N2O6. The van der Waals surface area contributed by atoms with Crippen LogP contribution in [0.2, 0.25) is 0 Å². The van der Waals surface area contributed by atoms with Crippen LogP contribution < -0.4 is 41.0 Å². The Morgan fingerprint density at radius 1 is 0.680 bits per heavy atom. The Morgan fingerprint density at radius 3 is 1.62 bits per heavy atom. The molecule has 0 aliphatic carbocycles. The molecule has 2 aliphatic rings. The number of rotatable bonds is 9. The second kappa shape index (κ2) is 15.9. The summed E-state index contributed by atoms with van der Waals surface area (Å²) in [6.07, 6.45) is 5.61. The Balaban J connectivity index is 0.000000220. The van der Waals surface area contributed by atoms with Crippen LogP contribution >= 0.6 is 0 Å². The molecule has 0 spiro atoms. The third kappa shape index (κ3) is 7.25. The van der Waals surface area contributed by atoms with Crippen LogP contribution in [0.5, 0.6) is 11.5 Å². The third-order valence-corrected chi connectivity index (χ3v) is 9.77. The van der Waals surface area contributed by atoms with E-state index in [4.69, 9.17) is 9.47 Å². The van der Waals surface area contributed by atoms with Crippen LogP contribution in [0.3, 0.4) is 0 Å². The summed E-state index contributed by atoms with van der Waals surface area (Å²) in [5.41, 5.74) is 6.08. The largest absolute Gasteiger partial charge is 0.489 e. The van der Waals surface area contributed by atoms with E-state index < -0.39 is 21.7 Å². The lowest BCUT2D eigenvalue weighted by atomic mass is 9.83. The fraction of sp³-hybridized carbons (Fsp3) is 0.429. The molecule has 0 saturated heterocycles. The molecule has 0 amide bonds. The molecule has 50 heavy (non-hydrogen) atoms. The van der Waals surface area contributed by atoms with Crippen molar-refractivity contribution in [1.82, 2.24) is 0 Å². The van der Waals surface area contributed by atoms with Crippen molar-refractivity contribution in [1.29, 1.82) is 0 Å². The highest BCUT2D eigenvalue weighted by Crippen LogP contribution is 2.48. The number of likely N-dealkylation sites (N-methyl/N-ethyl adjacent to an activating group) is 2. The van der Waals surface area contributed by atoms with Gasteiger partial charge in [-0.15, -0.1) is 0 Å². The van der Waals surface area contributed by atoms with Crippen molar-refractivity contribution >= 4 is 17.5 Å². The number of anilines is 2. The van der Waals surface area contributed by atoms with Gasteiger partial charge in [0.2, 0.25) is 10.9 Å². The molecule has 2 heterocycles. The van der Waals surface area contributed by atoms with Crippen molar-refractivity contribution in [2.45, 2.75) is 92.4 Å². The molecular weight excluding hydrogens is 628 g/mol. The van der Waals surface area contributed by atoms with Gasteiger partial charge in [0.05, 0.1) is 18.8 Å². The van der Waals surface area contributed by atoms with Crippen LogP contribution in [0, 0.1) is 6.92 Å². The molecule has 268 valence electrons. The monoisotopic (exact) mass is 682 g/mol. The van der Waals surface area contributed by atoms with E-state index in [2.05, 4.69) is 94.4 Å². The quantitative estimate of drug-likeness (QED) is 0.132. The molecule has 0 saturated carbocycles. The standard InChI is InChI=1S/C20H23NO3.C12H15N.C9H12O3.CH4/c1-5-6-11-24-19-13(17(22)18(19)23)12-16-20(2,3)14-9-7-8-10-15(14)21(16)4;1-9-12(2,3)10-7-5-6-8-11(10)13(9)4;1-3-4-5-12-9-6(2)7(10)8(9)11;/h7-10,12H,5-6,11H2,1-4H3;5-8H,1H2,2-4H3;3-5H2,1-2H3;1H4. The van der Waals surface area contributed by atoms with Crippen LogP contribution in [0.1, 0.15) is 96.9 Å². The van der Waals surface area contributed by atoms with E-state index in [0.29, 0.717) is 24.3 Å². The molecule has 8 nitrogen and oxygen atoms in total. The molecule has 0 atom stereocenters. The average Bonchev–Trinajstić information content (AvgIpc) is 3.41. The number of nitrogens with zero attached hydrogens (tertiary/aromatic N) is 2. The molecule has 0 unspecified atom stereocenters. The molecule has 0 bridgehead atoms. The van der Waals surface area contributed by atoms with E-state index in [1.807, 2.05) is 32.2 Å². The Bertz CT molecular complexity index is 2000. The lowest BCUT2D eigenvalue weighted by Crippen LogP contribution is -2.36. The zero-order valence-corrected chi connectivity index (χ0v) is 30.5. The highest BCUT2D eigenvalue weighted by molar-refractivity contribution is 5.77. The highest BCUT2D eigenvalue weighted by Gasteiger charge is 2.39. The minimum absolute atomic E-state index is 0. The Morgan fingerprint density at radius 2 is 1.14 bits per heavy atom. The van der Waals surface area contributed by atoms with Gasteiger partial charge in [-0.3, -0.25) is 19.2 Å². The Labute approximate surface area is 297 Å². The van der Waals surface area contributed by atoms with E-state index in [0.717, 1.165) is 37.1 Å². The van der Waals surface area contributed by atoms with Gasteiger partial charge < -0.3 is 19.3 Å². The van der Waals surface area contributed by atoms with Crippen molar-refractivity contribution in [2.75, 3.05) is 37.1 Å². The van der Waals surface area contributed by atoms with Gasteiger partial charge in [0.25, 0.3) is 10.9 Å². The van der Waals surface area contributed by atoms with Gasteiger partial charge in [0.1, 0.15) is 0 Å². The number of unbranched alkanes of at least 4 members (excludes halogenated alkanes) is 2. The Kier molecular flexibility index (Phi) is 12.6. The first kappa shape index (κ1) is 39.7. The summed E-state index contributed by atoms with van der Waals surface area (Å²) in [5, 5.41) is 0. The van der Waals surface area contributed by atoms with Crippen LogP contribution in [-0.2, 0) is 10.8 Å². The first-order valence-electron chi connectivity index (χ1n) is 17.1. The number of fused-ring (bicyclic) bond motifs is 2. The van der Waals surface area contributed by atoms with Gasteiger partial charge in [-0.05, 0) is 49.1 Å². The van der Waals surface area contributed by atoms with E-state index >= 15 is 0 Å². The highest BCUT2D eigenvalue weighted by atomic mass is 16.5. The molecule has 8 heteroatoms. The summed E-state index contributed by atoms with van der Waals surface area (Å²) >= 11 is 0. The topological polar surface area (TPSA) is 93.2 Å². The van der Waals surface area contributed by atoms with E-state index in [-0.39, 0.29) is 29.8 Å². The zero-order chi connectivity index (χ0) is 36.3. The first-order valence-corrected chi connectivity index (χ1v) is 17.1. The number of para-hydroxylation sites is 2. The average molecular weight is 683 g/mol. The van der Waals surface area contributed by atoms with Crippen LogP contribution in [0.25, 0.3) is 6.08 Å². The lowest BCUT2D eigenvalue weighted by molar-refractivity contribution is 0.300. The van der Waals surface area contributed by atoms with Gasteiger partial charge in [0.15, 0.2) is 11.5 Å². The Hall–Kier alpha value is -4.72. The predicted octanol–water partition coefficient (Wildman–Crippen LogP) is 7.56. The summed E-state index contributed by atoms with van der Waals surface area (Å²) in [4.78, 5) is 49.7. The molecule has 6 rings (SSSR count). The maximum atomic E-state index is 12.0. The second-order valence-corrected chi connectivity index (χ2v) is 13.8. The molecule has 2 aliphatic heterocycles. The van der Waals surface area contributed by atoms with Crippen LogP contribution in [0.15, 0.2) is 85.7 Å². The maximum absolute atomic E-state index is 12.0. The van der Waals surface area contributed by atoms with Crippen molar-refractivity contribution in [3.63, 3.8) is 0 Å². The molecule has 0 radical (unpaired) electrons. The van der Waals surface area contributed by atoms with Crippen LogP contribution in [-0.4, -0.2) is 27.3 Å². The number of hydrogen-bond donors (Lipinski definition) is 0. The fourth-order valence-electron chi connectivity index (χ4n) is 6.37. The predicted molar refractivity (Wildman–Crippen MR) is 208 cm³/mol. The number of allylic oxidation sites excluding steroid dienone is 2. The maximum Gasteiger partial charge on any atom is 0.268 e. The zero-order valence-electron chi connectivity index (χ0n) is 30.5. The van der Waals surface area contributed by atoms with Crippen molar-refractivity contribution in [3.05, 3.63) is 130 Å². The van der Waals surface area contributed by atoms with Gasteiger partial charge >= 0.3 is 0 Å². The summed E-state index contributed by atoms with van der Waals surface area (Å²) in [5.74, 6) is 0.495. The van der Waals surface area contributed by atoms with Gasteiger partial charge in [-0.1, -0.05) is 105 Å². The van der Waals surface area contributed by atoms with Crippen LogP contribution in [0.4, 0.5) is 11.4 Å². The third-order valence-electron chi connectivity index (χ3n) is 9.77. The van der Waals surface area contributed by atoms with E-state index in [1.165, 1.54) is 22.5 Å².